The molecule has 5 rings (SSSR count). The average molecular weight is 709 g/mol. The van der Waals surface area contributed by atoms with Crippen LogP contribution in [-0.4, -0.2) is 36.7 Å². The van der Waals surface area contributed by atoms with Gasteiger partial charge in [0.25, 0.3) is 5.91 Å². The Kier molecular flexibility index (Phi) is 12.5. The van der Waals surface area contributed by atoms with Crippen molar-refractivity contribution in [2.24, 2.45) is 21.8 Å². The molecule has 0 radical (unpaired) electrons. The third-order valence-corrected chi connectivity index (χ3v) is 10.1. The average Bonchev–Trinajstić information content (AvgIpc) is 3.24. The maximum Gasteiger partial charge on any atom is 0.256 e. The van der Waals surface area contributed by atoms with Gasteiger partial charge in [-0.3, -0.25) is 20.0 Å². The minimum absolute atomic E-state index is 0.260. The summed E-state index contributed by atoms with van der Waals surface area (Å²) < 4.78 is 5.83. The van der Waals surface area contributed by atoms with Crippen LogP contribution < -0.4 is 10.2 Å². The van der Waals surface area contributed by atoms with Gasteiger partial charge in [0.05, 0.1) is 17.1 Å². The van der Waals surface area contributed by atoms with Gasteiger partial charge in [-0.2, -0.15) is 5.26 Å². The first-order chi connectivity index (χ1) is 24.2. The summed E-state index contributed by atoms with van der Waals surface area (Å²) in [6.45, 7) is 13.7. The number of amides is 1. The van der Waals surface area contributed by atoms with E-state index in [1.54, 1.807) is 24.3 Å². The van der Waals surface area contributed by atoms with E-state index in [-0.39, 0.29) is 5.91 Å². The summed E-state index contributed by atoms with van der Waals surface area (Å²) in [5, 5.41) is 15.8. The molecule has 0 aliphatic carbocycles. The van der Waals surface area contributed by atoms with Crippen molar-refractivity contribution in [3.63, 3.8) is 0 Å². The quantitative estimate of drug-likeness (QED) is 0.0492. The van der Waals surface area contributed by atoms with Crippen molar-refractivity contribution in [1.29, 1.82) is 5.26 Å². The number of aliphatic imine (C=N–C) groups is 2. The normalized spacial score (nSPS) is 16.5. The molecular weight excluding hydrogens is 665 g/mol. The highest BCUT2D eigenvalue weighted by atomic mass is 35.5. The van der Waals surface area contributed by atoms with Gasteiger partial charge in [-0.1, -0.05) is 106 Å². The lowest BCUT2D eigenvalue weighted by atomic mass is 9.86. The molecular formula is C41H43Cl2N5O2. The van der Waals surface area contributed by atoms with Crippen LogP contribution in [0, 0.1) is 23.3 Å². The van der Waals surface area contributed by atoms with Crippen LogP contribution in [0.15, 0.2) is 102 Å². The predicted molar refractivity (Wildman–Crippen MR) is 207 cm³/mol. The number of carbonyl (C=O) groups is 1. The summed E-state index contributed by atoms with van der Waals surface area (Å²) in [4.78, 5) is 26.0. The van der Waals surface area contributed by atoms with Crippen LogP contribution in [0.25, 0.3) is 10.8 Å². The summed E-state index contributed by atoms with van der Waals surface area (Å²) >= 11 is 13.2. The number of amidine groups is 1. The van der Waals surface area contributed by atoms with E-state index in [2.05, 4.69) is 50.1 Å². The fourth-order valence-corrected chi connectivity index (χ4v) is 6.99. The van der Waals surface area contributed by atoms with Gasteiger partial charge in [0.15, 0.2) is 6.19 Å². The van der Waals surface area contributed by atoms with Gasteiger partial charge < -0.3 is 4.74 Å². The van der Waals surface area contributed by atoms with E-state index in [0.717, 1.165) is 42.3 Å². The van der Waals surface area contributed by atoms with Crippen LogP contribution in [0.5, 0.6) is 0 Å². The zero-order valence-electron chi connectivity index (χ0n) is 29.0. The van der Waals surface area contributed by atoms with E-state index in [4.69, 9.17) is 37.9 Å². The predicted octanol–water partition coefficient (Wildman–Crippen LogP) is 10.2. The van der Waals surface area contributed by atoms with Crippen LogP contribution in [-0.2, 0) is 9.53 Å². The van der Waals surface area contributed by atoms with Gasteiger partial charge in [0.2, 0.25) is 0 Å². The lowest BCUT2D eigenvalue weighted by Crippen LogP contribution is -2.42. The van der Waals surface area contributed by atoms with Crippen molar-refractivity contribution >= 4 is 62.8 Å². The molecule has 0 spiro atoms. The smallest absolute Gasteiger partial charge is 0.256 e. The Balaban J connectivity index is 1.57. The van der Waals surface area contributed by atoms with Crippen molar-refractivity contribution in [2.75, 3.05) is 18.1 Å². The Labute approximate surface area is 305 Å². The minimum atomic E-state index is -0.870. The number of nitrogens with zero attached hydrogens (tertiary/aromatic N) is 4. The standard InChI is InChI=1S/C41H43Cl2N5O2/c1-6-22-50-23-21-28(7-2)30-18-19-36(32-14-10-9-13-31(30)32)46-40(45-25-44)27(5)26(4)38-41(49)48(8-3)37-20-17-29(42)24-34(37)39(47-38)33-15-11-12-16-35(33)43/h8-20,24,26-28,38H,3,6-7,21-23H2,1-2,4-5H3,(H,45,46)/t26-,27?,28?,38?/m0/s1. The van der Waals surface area contributed by atoms with Crippen molar-refractivity contribution in [3.8, 4) is 6.19 Å². The number of hydrogen-bond acceptors (Lipinski definition) is 5. The molecule has 4 aromatic carbocycles. The Morgan fingerprint density at radius 3 is 2.48 bits per heavy atom. The molecule has 9 heteroatoms. The number of nitriles is 1. The summed E-state index contributed by atoms with van der Waals surface area (Å²) in [7, 11) is 0. The number of rotatable bonds is 13. The molecule has 50 heavy (non-hydrogen) atoms. The van der Waals surface area contributed by atoms with Gasteiger partial charge in [0.1, 0.15) is 11.9 Å². The van der Waals surface area contributed by atoms with Crippen molar-refractivity contribution in [1.82, 2.24) is 5.32 Å². The van der Waals surface area contributed by atoms with Gasteiger partial charge in [-0.25, -0.2) is 4.99 Å². The first-order valence-electron chi connectivity index (χ1n) is 17.1. The third kappa shape index (κ3) is 7.79. The first-order valence-corrected chi connectivity index (χ1v) is 17.9. The van der Waals surface area contributed by atoms with E-state index in [9.17, 15) is 10.1 Å². The van der Waals surface area contributed by atoms with Gasteiger partial charge >= 0.3 is 0 Å². The first kappa shape index (κ1) is 36.8. The van der Waals surface area contributed by atoms with Crippen molar-refractivity contribution in [2.45, 2.75) is 58.9 Å². The molecule has 1 amide bonds. The molecule has 7 nitrogen and oxygen atoms in total. The second kappa shape index (κ2) is 17.0. The Morgan fingerprint density at radius 1 is 1.04 bits per heavy atom. The fourth-order valence-electron chi connectivity index (χ4n) is 6.60. The van der Waals surface area contributed by atoms with E-state index in [1.807, 2.05) is 50.2 Å². The monoisotopic (exact) mass is 707 g/mol. The molecule has 1 aliphatic heterocycles. The van der Waals surface area contributed by atoms with Crippen LogP contribution in [0.3, 0.4) is 0 Å². The van der Waals surface area contributed by atoms with Crippen molar-refractivity contribution in [3.05, 3.63) is 118 Å². The fraction of sp³-hybridized carbons (Fsp3) is 0.317. The zero-order chi connectivity index (χ0) is 35.8. The van der Waals surface area contributed by atoms with Gasteiger partial charge in [0, 0.05) is 51.9 Å². The minimum Gasteiger partial charge on any atom is -0.381 e. The molecule has 1 N–H and O–H groups in total. The molecule has 0 fully saturated rings. The molecule has 0 saturated carbocycles. The number of benzodiazepines with no additional fused rings is 1. The van der Waals surface area contributed by atoms with E-state index in [1.165, 1.54) is 16.7 Å². The number of carbonyl (C=O) groups excluding carboxylic acids is 1. The van der Waals surface area contributed by atoms with Crippen LogP contribution in [0.1, 0.15) is 69.6 Å². The highest BCUT2D eigenvalue weighted by molar-refractivity contribution is 6.37. The summed E-state index contributed by atoms with van der Waals surface area (Å²) in [6.07, 6.45) is 6.50. The highest BCUT2D eigenvalue weighted by Gasteiger charge is 2.38. The second-order valence-corrected chi connectivity index (χ2v) is 13.4. The third-order valence-electron chi connectivity index (χ3n) is 9.51. The van der Waals surface area contributed by atoms with Gasteiger partial charge in [-0.15, -0.1) is 0 Å². The molecule has 0 bridgehead atoms. The Bertz CT molecular complexity index is 1970. The lowest BCUT2D eigenvalue weighted by molar-refractivity contribution is -0.120. The largest absolute Gasteiger partial charge is 0.381 e. The number of nitrogens with one attached hydrogen (secondary N) is 1. The van der Waals surface area contributed by atoms with Crippen LogP contribution >= 0.6 is 23.2 Å². The number of hydrogen-bond donors (Lipinski definition) is 1. The summed E-state index contributed by atoms with van der Waals surface area (Å²) in [6, 6.07) is 24.3. The number of ether oxygens (including phenoxy) is 1. The molecule has 1 heterocycles. The SMILES string of the molecule is C=CN1C(=O)C([C@@H](C)C(C)C(=Nc2ccc(C(CC)CCOCCC)c3ccccc23)NC#N)N=C(c2ccccc2Cl)c2cc(Cl)ccc21. The lowest BCUT2D eigenvalue weighted by Gasteiger charge is -2.28. The van der Waals surface area contributed by atoms with Gasteiger partial charge in [-0.05, 0) is 72.4 Å². The molecule has 3 unspecified atom stereocenters. The Hall–Kier alpha value is -4.48. The zero-order valence-corrected chi connectivity index (χ0v) is 30.5. The van der Waals surface area contributed by atoms with E-state index in [0.29, 0.717) is 50.9 Å². The summed E-state index contributed by atoms with van der Waals surface area (Å²) in [5.74, 6) is -0.290. The maximum absolute atomic E-state index is 14.3. The molecule has 0 aromatic heterocycles. The number of halogens is 2. The van der Waals surface area contributed by atoms with Crippen LogP contribution in [0.2, 0.25) is 10.0 Å². The number of benzene rings is 4. The van der Waals surface area contributed by atoms with E-state index < -0.39 is 17.9 Å². The highest BCUT2D eigenvalue weighted by Crippen LogP contribution is 2.38. The number of anilines is 1. The molecule has 0 saturated heterocycles. The molecule has 1 aliphatic rings. The molecule has 258 valence electrons. The molecule has 4 atom stereocenters. The van der Waals surface area contributed by atoms with E-state index >= 15 is 0 Å². The maximum atomic E-state index is 14.3. The number of fused-ring (bicyclic) bond motifs is 2. The topological polar surface area (TPSA) is 90.1 Å². The molecule has 4 aromatic rings. The van der Waals surface area contributed by atoms with Crippen LogP contribution in [0.4, 0.5) is 11.4 Å². The Morgan fingerprint density at radius 2 is 1.78 bits per heavy atom. The van der Waals surface area contributed by atoms with Crippen molar-refractivity contribution < 1.29 is 9.53 Å². The second-order valence-electron chi connectivity index (χ2n) is 12.6. The summed E-state index contributed by atoms with van der Waals surface area (Å²) in [5.41, 5.74) is 4.49.